The second-order valence-corrected chi connectivity index (χ2v) is 5.72. The number of rotatable bonds is 4. The van der Waals surface area contributed by atoms with Gasteiger partial charge in [0.1, 0.15) is 11.4 Å². The summed E-state index contributed by atoms with van der Waals surface area (Å²) in [5, 5.41) is 20.3. The predicted octanol–water partition coefficient (Wildman–Crippen LogP) is 3.24. The van der Waals surface area contributed by atoms with E-state index in [2.05, 4.69) is 20.7 Å². The molecule has 0 saturated carbocycles. The number of nitrogens with one attached hydrogen (secondary N) is 2. The molecule has 6 nitrogen and oxygen atoms in total. The fourth-order valence-corrected chi connectivity index (χ4v) is 2.27. The summed E-state index contributed by atoms with van der Waals surface area (Å²) < 4.78 is 0. The number of H-pyrrole nitrogens is 1. The van der Waals surface area contributed by atoms with Gasteiger partial charge in [-0.3, -0.25) is 9.89 Å². The number of nitrogens with zero attached hydrogens (tertiary/aromatic N) is 2. The number of benzene rings is 2. The van der Waals surface area contributed by atoms with Crippen LogP contribution in [-0.4, -0.2) is 26.9 Å². The van der Waals surface area contributed by atoms with Crippen LogP contribution in [0.4, 0.5) is 0 Å². The highest BCUT2D eigenvalue weighted by atomic mass is 16.3. The first-order chi connectivity index (χ1) is 12.0. The molecule has 1 heterocycles. The number of phenols is 1. The van der Waals surface area contributed by atoms with Crippen molar-refractivity contribution in [3.05, 3.63) is 71.4 Å². The Morgan fingerprint density at radius 1 is 1.12 bits per heavy atom. The number of hydrogen-bond donors (Lipinski definition) is 3. The van der Waals surface area contributed by atoms with Crippen LogP contribution in [0.1, 0.15) is 28.5 Å². The van der Waals surface area contributed by atoms with E-state index in [4.69, 9.17) is 0 Å². The van der Waals surface area contributed by atoms with Gasteiger partial charge in [0.05, 0.1) is 11.4 Å². The van der Waals surface area contributed by atoms with Gasteiger partial charge in [-0.05, 0) is 49.7 Å². The van der Waals surface area contributed by atoms with Gasteiger partial charge in [-0.15, -0.1) is 0 Å². The van der Waals surface area contributed by atoms with Crippen molar-refractivity contribution in [2.24, 2.45) is 5.10 Å². The van der Waals surface area contributed by atoms with Crippen LogP contribution >= 0.6 is 0 Å². The summed E-state index contributed by atoms with van der Waals surface area (Å²) in [6, 6.07) is 16.2. The summed E-state index contributed by atoms with van der Waals surface area (Å²) in [4.78, 5) is 12.2. The maximum Gasteiger partial charge on any atom is 0.289 e. The molecule has 6 heteroatoms. The molecule has 0 aliphatic carbocycles. The second-order valence-electron chi connectivity index (χ2n) is 5.72. The summed E-state index contributed by atoms with van der Waals surface area (Å²) in [6.45, 7) is 3.79. The summed E-state index contributed by atoms with van der Waals surface area (Å²) in [6.07, 6.45) is 0. The number of phenolic OH excluding ortho intramolecular Hbond substituents is 1. The fourth-order valence-electron chi connectivity index (χ4n) is 2.27. The van der Waals surface area contributed by atoms with Crippen molar-refractivity contribution in [3.8, 4) is 17.0 Å². The van der Waals surface area contributed by atoms with Crippen LogP contribution in [0.2, 0.25) is 0 Å². The Bertz CT molecular complexity index is 909. The number of carbonyl (C=O) groups excluding carboxylic acids is 1. The SMILES string of the molecule is C/C(=N/NC(=O)c1cc(-c2ccc(C)cc2)n[nH]1)c1ccc(O)cc1. The van der Waals surface area contributed by atoms with Gasteiger partial charge in [0.15, 0.2) is 0 Å². The highest BCUT2D eigenvalue weighted by Gasteiger charge is 2.10. The van der Waals surface area contributed by atoms with Crippen molar-refractivity contribution < 1.29 is 9.90 Å². The molecule has 0 aliphatic heterocycles. The van der Waals surface area contributed by atoms with E-state index in [9.17, 15) is 9.90 Å². The topological polar surface area (TPSA) is 90.4 Å². The molecule has 0 saturated heterocycles. The molecule has 0 radical (unpaired) electrons. The van der Waals surface area contributed by atoms with E-state index < -0.39 is 0 Å². The van der Waals surface area contributed by atoms with Crippen molar-refractivity contribution in [2.45, 2.75) is 13.8 Å². The van der Waals surface area contributed by atoms with Crippen LogP contribution in [0.25, 0.3) is 11.3 Å². The molecule has 1 aromatic heterocycles. The summed E-state index contributed by atoms with van der Waals surface area (Å²) >= 11 is 0. The standard InChI is InChI=1S/C19H18N4O2/c1-12-3-5-15(6-4-12)17-11-18(22-21-17)19(25)23-20-13(2)14-7-9-16(24)10-8-14/h3-11,24H,1-2H3,(H,21,22)(H,23,25)/b20-13-. The monoisotopic (exact) mass is 334 g/mol. The lowest BCUT2D eigenvalue weighted by molar-refractivity contribution is 0.0950. The average molecular weight is 334 g/mol. The van der Waals surface area contributed by atoms with Crippen molar-refractivity contribution in [2.75, 3.05) is 0 Å². The lowest BCUT2D eigenvalue weighted by Gasteiger charge is -2.02. The average Bonchev–Trinajstić information content (AvgIpc) is 3.11. The van der Waals surface area contributed by atoms with Gasteiger partial charge in [0, 0.05) is 5.56 Å². The zero-order chi connectivity index (χ0) is 17.8. The molecule has 25 heavy (non-hydrogen) atoms. The van der Waals surface area contributed by atoms with E-state index in [0.29, 0.717) is 17.1 Å². The smallest absolute Gasteiger partial charge is 0.289 e. The van der Waals surface area contributed by atoms with E-state index in [-0.39, 0.29) is 11.7 Å². The van der Waals surface area contributed by atoms with Crippen LogP contribution in [0, 0.1) is 6.92 Å². The van der Waals surface area contributed by atoms with Crippen LogP contribution in [0.15, 0.2) is 59.7 Å². The Labute approximate surface area is 145 Å². The summed E-state index contributed by atoms with van der Waals surface area (Å²) in [5.41, 5.74) is 7.07. The van der Waals surface area contributed by atoms with Crippen LogP contribution < -0.4 is 5.43 Å². The first-order valence-electron chi connectivity index (χ1n) is 7.79. The van der Waals surface area contributed by atoms with Crippen molar-refractivity contribution in [3.63, 3.8) is 0 Å². The van der Waals surface area contributed by atoms with Gasteiger partial charge in [0.25, 0.3) is 5.91 Å². The molecule has 0 bridgehead atoms. The normalized spacial score (nSPS) is 11.4. The minimum atomic E-state index is -0.371. The number of hydrogen-bond acceptors (Lipinski definition) is 4. The molecule has 0 atom stereocenters. The molecule has 2 aromatic carbocycles. The zero-order valence-corrected chi connectivity index (χ0v) is 13.9. The molecule has 3 aromatic rings. The molecular weight excluding hydrogens is 316 g/mol. The molecule has 3 N–H and O–H groups in total. The number of aromatic nitrogens is 2. The highest BCUT2D eigenvalue weighted by molar-refractivity contribution is 6.00. The second kappa shape index (κ2) is 7.00. The number of aryl methyl sites for hydroxylation is 1. The number of hydrazone groups is 1. The fraction of sp³-hybridized carbons (Fsp3) is 0.105. The number of carbonyl (C=O) groups is 1. The molecule has 0 aliphatic rings. The molecule has 0 spiro atoms. The Kier molecular flexibility index (Phi) is 4.61. The van der Waals surface area contributed by atoms with E-state index in [1.54, 1.807) is 37.3 Å². The summed E-state index contributed by atoms with van der Waals surface area (Å²) in [5.74, 6) is -0.189. The maximum absolute atomic E-state index is 12.2. The Hall–Kier alpha value is -3.41. The van der Waals surface area contributed by atoms with Gasteiger partial charge in [-0.25, -0.2) is 5.43 Å². The molecule has 0 fully saturated rings. The van der Waals surface area contributed by atoms with Crippen LogP contribution in [0.3, 0.4) is 0 Å². The van der Waals surface area contributed by atoms with Crippen molar-refractivity contribution in [1.29, 1.82) is 0 Å². The number of amides is 1. The van der Waals surface area contributed by atoms with E-state index in [1.807, 2.05) is 31.2 Å². The minimum Gasteiger partial charge on any atom is -0.508 e. The van der Waals surface area contributed by atoms with Crippen LogP contribution in [-0.2, 0) is 0 Å². The predicted molar refractivity (Wildman–Crippen MR) is 96.5 cm³/mol. The first kappa shape index (κ1) is 16.4. The lowest BCUT2D eigenvalue weighted by atomic mass is 10.1. The van der Waals surface area contributed by atoms with Gasteiger partial charge in [-0.1, -0.05) is 29.8 Å². The molecular formula is C19H18N4O2. The van der Waals surface area contributed by atoms with E-state index >= 15 is 0 Å². The summed E-state index contributed by atoms with van der Waals surface area (Å²) in [7, 11) is 0. The highest BCUT2D eigenvalue weighted by Crippen LogP contribution is 2.18. The van der Waals surface area contributed by atoms with E-state index in [0.717, 1.165) is 16.7 Å². The third-order valence-electron chi connectivity index (χ3n) is 3.78. The number of aromatic amines is 1. The van der Waals surface area contributed by atoms with Gasteiger partial charge in [-0.2, -0.15) is 10.2 Å². The Morgan fingerprint density at radius 2 is 1.80 bits per heavy atom. The largest absolute Gasteiger partial charge is 0.508 e. The van der Waals surface area contributed by atoms with Crippen molar-refractivity contribution in [1.82, 2.24) is 15.6 Å². The quantitative estimate of drug-likeness (QED) is 0.505. The van der Waals surface area contributed by atoms with Crippen molar-refractivity contribution >= 4 is 11.6 Å². The number of aromatic hydroxyl groups is 1. The van der Waals surface area contributed by atoms with Crippen LogP contribution in [0.5, 0.6) is 5.75 Å². The minimum absolute atomic E-state index is 0.182. The Morgan fingerprint density at radius 3 is 2.48 bits per heavy atom. The lowest BCUT2D eigenvalue weighted by Crippen LogP contribution is -2.19. The Balaban J connectivity index is 1.70. The third kappa shape index (κ3) is 3.92. The molecule has 1 amide bonds. The molecule has 0 unspecified atom stereocenters. The molecule has 3 rings (SSSR count). The van der Waals surface area contributed by atoms with Gasteiger partial charge in [0.2, 0.25) is 0 Å². The zero-order valence-electron chi connectivity index (χ0n) is 13.9. The maximum atomic E-state index is 12.2. The van der Waals surface area contributed by atoms with Gasteiger partial charge < -0.3 is 5.11 Å². The molecule has 126 valence electrons. The van der Waals surface area contributed by atoms with E-state index in [1.165, 1.54) is 0 Å². The first-order valence-corrected chi connectivity index (χ1v) is 7.79. The van der Waals surface area contributed by atoms with Gasteiger partial charge >= 0.3 is 0 Å². The third-order valence-corrected chi connectivity index (χ3v) is 3.78.